The number of rotatable bonds is 3. The van der Waals surface area contributed by atoms with Crippen LogP contribution in [0.15, 0.2) is 35.4 Å². The SMILES string of the molecule is CC1=C(C)C[C@@H](C(=O)Nc2ccc(I)cc2)[C@@H](C(=O)[O-])C1. The summed E-state index contributed by atoms with van der Waals surface area (Å²) in [7, 11) is 0. The Morgan fingerprint density at radius 3 is 2.14 bits per heavy atom. The largest absolute Gasteiger partial charge is 0.550 e. The molecule has 1 aliphatic rings. The Morgan fingerprint density at radius 2 is 1.62 bits per heavy atom. The number of nitrogens with one attached hydrogen (secondary N) is 1. The highest BCUT2D eigenvalue weighted by Gasteiger charge is 2.33. The van der Waals surface area contributed by atoms with Crippen LogP contribution in [0.25, 0.3) is 0 Å². The van der Waals surface area contributed by atoms with Crippen LogP contribution in [-0.2, 0) is 9.59 Å². The van der Waals surface area contributed by atoms with Gasteiger partial charge in [-0.15, -0.1) is 0 Å². The molecule has 1 aromatic carbocycles. The first kappa shape index (κ1) is 16.0. The van der Waals surface area contributed by atoms with Crippen LogP contribution in [0.3, 0.4) is 0 Å². The minimum Gasteiger partial charge on any atom is -0.550 e. The molecular formula is C16H17INO3-. The van der Waals surface area contributed by atoms with Crippen molar-refractivity contribution in [1.29, 1.82) is 0 Å². The summed E-state index contributed by atoms with van der Waals surface area (Å²) in [4.78, 5) is 23.7. The molecule has 0 unspecified atom stereocenters. The topological polar surface area (TPSA) is 69.2 Å². The van der Waals surface area contributed by atoms with Gasteiger partial charge in [-0.05, 0) is 73.5 Å². The van der Waals surface area contributed by atoms with Gasteiger partial charge in [-0.25, -0.2) is 0 Å². The van der Waals surface area contributed by atoms with Gasteiger partial charge in [0, 0.05) is 21.1 Å². The van der Waals surface area contributed by atoms with E-state index in [4.69, 9.17) is 0 Å². The Bertz CT molecular complexity index is 592. The third kappa shape index (κ3) is 3.84. The van der Waals surface area contributed by atoms with Crippen LogP contribution >= 0.6 is 22.6 Å². The van der Waals surface area contributed by atoms with Crippen molar-refractivity contribution in [2.75, 3.05) is 5.32 Å². The maximum Gasteiger partial charge on any atom is 0.228 e. The highest BCUT2D eigenvalue weighted by Crippen LogP contribution is 2.34. The van der Waals surface area contributed by atoms with Gasteiger partial charge >= 0.3 is 0 Å². The molecule has 4 nitrogen and oxygen atoms in total. The van der Waals surface area contributed by atoms with Crippen molar-refractivity contribution in [3.05, 3.63) is 39.0 Å². The molecule has 0 saturated carbocycles. The zero-order valence-corrected chi connectivity index (χ0v) is 14.1. The second-order valence-electron chi connectivity index (χ2n) is 5.50. The number of allylic oxidation sites excluding steroid dienone is 2. The lowest BCUT2D eigenvalue weighted by molar-refractivity contribution is -0.313. The summed E-state index contributed by atoms with van der Waals surface area (Å²) >= 11 is 2.19. The molecule has 0 fully saturated rings. The van der Waals surface area contributed by atoms with Crippen LogP contribution in [-0.4, -0.2) is 11.9 Å². The van der Waals surface area contributed by atoms with E-state index in [1.165, 1.54) is 0 Å². The minimum absolute atomic E-state index is 0.253. The van der Waals surface area contributed by atoms with Crippen molar-refractivity contribution in [2.45, 2.75) is 26.7 Å². The fraction of sp³-hybridized carbons (Fsp3) is 0.375. The molecule has 0 heterocycles. The smallest absolute Gasteiger partial charge is 0.228 e. The van der Waals surface area contributed by atoms with E-state index in [0.717, 1.165) is 14.7 Å². The van der Waals surface area contributed by atoms with E-state index in [0.29, 0.717) is 18.5 Å². The van der Waals surface area contributed by atoms with Crippen LogP contribution in [0, 0.1) is 15.4 Å². The van der Waals surface area contributed by atoms with Crippen LogP contribution in [0.4, 0.5) is 5.69 Å². The van der Waals surface area contributed by atoms with Gasteiger partial charge < -0.3 is 15.2 Å². The maximum absolute atomic E-state index is 12.4. The van der Waals surface area contributed by atoms with Gasteiger partial charge in [-0.1, -0.05) is 11.1 Å². The first-order chi connectivity index (χ1) is 9.88. The number of hydrogen-bond donors (Lipinski definition) is 1. The quantitative estimate of drug-likeness (QED) is 0.628. The number of amides is 1. The summed E-state index contributed by atoms with van der Waals surface area (Å²) in [6.45, 7) is 3.87. The minimum atomic E-state index is -1.15. The third-order valence-corrected chi connectivity index (χ3v) is 4.74. The number of benzene rings is 1. The Labute approximate surface area is 137 Å². The van der Waals surface area contributed by atoms with Crippen molar-refractivity contribution in [3.63, 3.8) is 0 Å². The summed E-state index contributed by atoms with van der Waals surface area (Å²) in [5.41, 5.74) is 2.82. The van der Waals surface area contributed by atoms with Gasteiger partial charge in [0.25, 0.3) is 0 Å². The Balaban J connectivity index is 2.16. The molecule has 0 aromatic heterocycles. The first-order valence-corrected chi connectivity index (χ1v) is 7.89. The Hall–Kier alpha value is -1.37. The fourth-order valence-corrected chi connectivity index (χ4v) is 2.94. The lowest BCUT2D eigenvalue weighted by atomic mass is 9.76. The van der Waals surface area contributed by atoms with E-state index >= 15 is 0 Å². The standard InChI is InChI=1S/C16H18INO3/c1-9-7-13(14(16(20)21)8-10(9)2)15(19)18-12-5-3-11(17)4-6-12/h3-6,13-14H,7-8H2,1-2H3,(H,18,19)(H,20,21)/p-1/t13-,14+/m1/s1. The molecule has 2 atom stereocenters. The Kier molecular flexibility index (Phi) is 5.03. The highest BCUT2D eigenvalue weighted by molar-refractivity contribution is 14.1. The monoisotopic (exact) mass is 398 g/mol. The molecule has 1 aliphatic carbocycles. The number of aliphatic carboxylic acids is 1. The number of anilines is 1. The van der Waals surface area contributed by atoms with Crippen LogP contribution in [0.2, 0.25) is 0 Å². The number of carbonyl (C=O) groups is 2. The van der Waals surface area contributed by atoms with Crippen LogP contribution < -0.4 is 10.4 Å². The van der Waals surface area contributed by atoms with Crippen LogP contribution in [0.5, 0.6) is 0 Å². The zero-order valence-electron chi connectivity index (χ0n) is 12.0. The van der Waals surface area contributed by atoms with Gasteiger partial charge in [0.05, 0.1) is 5.92 Å². The highest BCUT2D eigenvalue weighted by atomic mass is 127. The van der Waals surface area contributed by atoms with E-state index in [1.54, 1.807) is 0 Å². The van der Waals surface area contributed by atoms with E-state index < -0.39 is 17.8 Å². The number of carboxylic acids is 1. The van der Waals surface area contributed by atoms with Gasteiger partial charge in [0.15, 0.2) is 0 Å². The average molecular weight is 398 g/mol. The van der Waals surface area contributed by atoms with Gasteiger partial charge in [0.1, 0.15) is 0 Å². The summed E-state index contributed by atoms with van der Waals surface area (Å²) in [5, 5.41) is 14.1. The predicted octanol–water partition coefficient (Wildman–Crippen LogP) is 2.34. The summed E-state index contributed by atoms with van der Waals surface area (Å²) in [5.74, 6) is -2.72. The fourth-order valence-electron chi connectivity index (χ4n) is 2.58. The first-order valence-electron chi connectivity index (χ1n) is 6.81. The number of carbonyl (C=O) groups excluding carboxylic acids is 2. The molecular weight excluding hydrogens is 381 g/mol. The van der Waals surface area contributed by atoms with Crippen molar-refractivity contribution in [1.82, 2.24) is 0 Å². The maximum atomic E-state index is 12.4. The van der Waals surface area contributed by atoms with Crippen molar-refractivity contribution >= 4 is 40.2 Å². The molecule has 0 radical (unpaired) electrons. The van der Waals surface area contributed by atoms with E-state index in [1.807, 2.05) is 38.1 Å². The molecule has 1 N–H and O–H groups in total. The number of hydrogen-bond acceptors (Lipinski definition) is 3. The lowest BCUT2D eigenvalue weighted by Crippen LogP contribution is -2.42. The number of carboxylic acid groups (broad SMARTS) is 1. The van der Waals surface area contributed by atoms with Gasteiger partial charge in [-0.3, -0.25) is 4.79 Å². The lowest BCUT2D eigenvalue weighted by Gasteiger charge is -2.32. The van der Waals surface area contributed by atoms with Gasteiger partial charge in [0.2, 0.25) is 5.91 Å². The third-order valence-electron chi connectivity index (χ3n) is 4.02. The molecule has 1 amide bonds. The van der Waals surface area contributed by atoms with Crippen LogP contribution in [0.1, 0.15) is 26.7 Å². The van der Waals surface area contributed by atoms with Crippen molar-refractivity contribution < 1.29 is 14.7 Å². The van der Waals surface area contributed by atoms with Crippen molar-refractivity contribution in [2.24, 2.45) is 11.8 Å². The molecule has 112 valence electrons. The molecule has 0 saturated heterocycles. The average Bonchev–Trinajstić information content (AvgIpc) is 2.43. The molecule has 21 heavy (non-hydrogen) atoms. The zero-order chi connectivity index (χ0) is 15.6. The van der Waals surface area contributed by atoms with E-state index in [2.05, 4.69) is 27.9 Å². The predicted molar refractivity (Wildman–Crippen MR) is 87.4 cm³/mol. The second-order valence-corrected chi connectivity index (χ2v) is 6.74. The van der Waals surface area contributed by atoms with E-state index in [-0.39, 0.29) is 5.91 Å². The molecule has 2 rings (SSSR count). The normalized spacial score (nSPS) is 22.0. The van der Waals surface area contributed by atoms with Crippen molar-refractivity contribution in [3.8, 4) is 0 Å². The molecule has 1 aromatic rings. The second kappa shape index (κ2) is 6.60. The molecule has 0 bridgehead atoms. The summed E-state index contributed by atoms with van der Waals surface area (Å²) in [6, 6.07) is 7.40. The Morgan fingerprint density at radius 1 is 1.10 bits per heavy atom. The van der Waals surface area contributed by atoms with E-state index in [9.17, 15) is 14.7 Å². The molecule has 5 heteroatoms. The summed E-state index contributed by atoms with van der Waals surface area (Å²) < 4.78 is 1.07. The van der Waals surface area contributed by atoms with Gasteiger partial charge in [-0.2, -0.15) is 0 Å². The summed E-state index contributed by atoms with van der Waals surface area (Å²) in [6.07, 6.45) is 0.861. The number of halogens is 1. The molecule has 0 spiro atoms. The molecule has 0 aliphatic heterocycles.